The van der Waals surface area contributed by atoms with Crippen molar-refractivity contribution in [3.05, 3.63) is 34.6 Å². The Labute approximate surface area is 160 Å². The van der Waals surface area contributed by atoms with E-state index in [2.05, 4.69) is 0 Å². The fourth-order valence-electron chi connectivity index (χ4n) is 5.53. The second-order valence-electron chi connectivity index (χ2n) is 8.43. The van der Waals surface area contributed by atoms with E-state index in [0.29, 0.717) is 28.8 Å². The molecule has 1 aliphatic heterocycles. The summed E-state index contributed by atoms with van der Waals surface area (Å²) in [7, 11) is 0. The number of rotatable bonds is 3. The van der Waals surface area contributed by atoms with Gasteiger partial charge in [-0.3, -0.25) is 4.79 Å². The minimum atomic E-state index is -0.269. The zero-order chi connectivity index (χ0) is 18.3. The van der Waals surface area contributed by atoms with Gasteiger partial charge in [0.1, 0.15) is 5.82 Å². The standard InChI is InChI=1S/C21H28ClFN2O/c22-18-7-2-8-19(23)17(18)12-16-6-3-9-25(16)21(26)15-10-13-4-1-5-14(11-15)20(13)24/h2,7-8,13-16,20H,1,3-6,9-12,24H2. The Bertz CT molecular complexity index is 648. The molecule has 1 saturated heterocycles. The van der Waals surface area contributed by atoms with Crippen molar-refractivity contribution in [3.8, 4) is 0 Å². The van der Waals surface area contributed by atoms with E-state index in [1.165, 1.54) is 12.5 Å². The van der Waals surface area contributed by atoms with Gasteiger partial charge in [-0.2, -0.15) is 0 Å². The van der Waals surface area contributed by atoms with E-state index in [-0.39, 0.29) is 29.7 Å². The van der Waals surface area contributed by atoms with Gasteiger partial charge in [-0.1, -0.05) is 24.1 Å². The van der Waals surface area contributed by atoms with E-state index >= 15 is 0 Å². The van der Waals surface area contributed by atoms with E-state index in [1.807, 2.05) is 4.90 Å². The van der Waals surface area contributed by atoms with E-state index in [9.17, 15) is 9.18 Å². The van der Waals surface area contributed by atoms with Crippen molar-refractivity contribution in [2.24, 2.45) is 23.5 Å². The molecule has 1 heterocycles. The highest BCUT2D eigenvalue weighted by molar-refractivity contribution is 6.31. The maximum absolute atomic E-state index is 14.2. The molecule has 1 aromatic rings. The monoisotopic (exact) mass is 378 g/mol. The number of halogens is 2. The quantitative estimate of drug-likeness (QED) is 0.858. The predicted octanol–water partition coefficient (Wildman–Crippen LogP) is 4.17. The number of hydrogen-bond acceptors (Lipinski definition) is 2. The molecule has 0 aromatic heterocycles. The third-order valence-corrected chi connectivity index (χ3v) is 7.28. The first-order chi connectivity index (χ1) is 12.5. The number of amides is 1. The first-order valence-corrected chi connectivity index (χ1v) is 10.4. The van der Waals surface area contributed by atoms with Gasteiger partial charge < -0.3 is 10.6 Å². The van der Waals surface area contributed by atoms with E-state index in [1.54, 1.807) is 12.1 Å². The Kier molecular flexibility index (Phi) is 5.24. The molecule has 3 unspecified atom stereocenters. The Hall–Kier alpha value is -1.13. The second-order valence-corrected chi connectivity index (χ2v) is 8.84. The fourth-order valence-corrected chi connectivity index (χ4v) is 5.77. The Balaban J connectivity index is 1.47. The second kappa shape index (κ2) is 7.47. The van der Waals surface area contributed by atoms with Gasteiger partial charge in [0.15, 0.2) is 0 Å². The molecular weight excluding hydrogens is 351 g/mol. The summed E-state index contributed by atoms with van der Waals surface area (Å²) in [4.78, 5) is 15.3. The molecule has 142 valence electrons. The van der Waals surface area contributed by atoms with Crippen LogP contribution in [0.5, 0.6) is 0 Å². The van der Waals surface area contributed by atoms with Gasteiger partial charge in [-0.25, -0.2) is 4.39 Å². The van der Waals surface area contributed by atoms with Gasteiger partial charge in [0.25, 0.3) is 0 Å². The highest BCUT2D eigenvalue weighted by Crippen LogP contribution is 2.43. The smallest absolute Gasteiger partial charge is 0.225 e. The van der Waals surface area contributed by atoms with Crippen molar-refractivity contribution in [1.29, 1.82) is 0 Å². The minimum Gasteiger partial charge on any atom is -0.339 e. The number of likely N-dealkylation sites (tertiary alicyclic amines) is 1. The summed E-state index contributed by atoms with van der Waals surface area (Å²) in [6.07, 6.45) is 7.86. The molecule has 4 rings (SSSR count). The van der Waals surface area contributed by atoms with Gasteiger partial charge in [-0.15, -0.1) is 0 Å². The topological polar surface area (TPSA) is 46.3 Å². The van der Waals surface area contributed by atoms with Crippen molar-refractivity contribution in [2.75, 3.05) is 6.54 Å². The lowest BCUT2D eigenvalue weighted by Crippen LogP contribution is -2.50. The average Bonchev–Trinajstić information content (AvgIpc) is 3.05. The first kappa shape index (κ1) is 18.2. The summed E-state index contributed by atoms with van der Waals surface area (Å²) < 4.78 is 14.2. The number of hydrogen-bond donors (Lipinski definition) is 1. The zero-order valence-electron chi connectivity index (χ0n) is 15.2. The highest BCUT2D eigenvalue weighted by Gasteiger charge is 2.43. The Morgan fingerprint density at radius 1 is 1.19 bits per heavy atom. The van der Waals surface area contributed by atoms with Crippen LogP contribution < -0.4 is 5.73 Å². The van der Waals surface area contributed by atoms with Gasteiger partial charge >= 0.3 is 0 Å². The van der Waals surface area contributed by atoms with Crippen LogP contribution in [0.3, 0.4) is 0 Å². The molecule has 3 aliphatic rings. The van der Waals surface area contributed by atoms with Crippen LogP contribution >= 0.6 is 11.6 Å². The summed E-state index contributed by atoms with van der Waals surface area (Å²) >= 11 is 6.21. The molecule has 2 bridgehead atoms. The molecule has 3 nitrogen and oxygen atoms in total. The zero-order valence-corrected chi connectivity index (χ0v) is 15.9. The Morgan fingerprint density at radius 3 is 2.62 bits per heavy atom. The summed E-state index contributed by atoms with van der Waals surface area (Å²) in [6, 6.07) is 5.14. The largest absolute Gasteiger partial charge is 0.339 e. The number of nitrogens with two attached hydrogens (primary N) is 1. The molecule has 0 spiro atoms. The normalized spacial score (nSPS) is 34.1. The van der Waals surface area contributed by atoms with Crippen molar-refractivity contribution < 1.29 is 9.18 Å². The van der Waals surface area contributed by atoms with Crippen LogP contribution in [-0.2, 0) is 11.2 Å². The van der Waals surface area contributed by atoms with Gasteiger partial charge in [-0.05, 0) is 68.9 Å². The van der Waals surface area contributed by atoms with Crippen LogP contribution in [-0.4, -0.2) is 29.4 Å². The molecule has 3 atom stereocenters. The molecule has 2 aliphatic carbocycles. The molecule has 0 radical (unpaired) electrons. The van der Waals surface area contributed by atoms with Crippen LogP contribution in [0.2, 0.25) is 5.02 Å². The number of nitrogens with zero attached hydrogens (tertiary/aromatic N) is 1. The average molecular weight is 379 g/mol. The number of fused-ring (bicyclic) bond motifs is 2. The van der Waals surface area contributed by atoms with E-state index in [0.717, 1.165) is 45.1 Å². The van der Waals surface area contributed by atoms with Crippen molar-refractivity contribution in [2.45, 2.75) is 63.5 Å². The molecule has 1 amide bonds. The van der Waals surface area contributed by atoms with Crippen LogP contribution in [0.25, 0.3) is 0 Å². The first-order valence-electron chi connectivity index (χ1n) is 10.0. The summed E-state index contributed by atoms with van der Waals surface area (Å²) in [5.74, 6) is 1.09. The van der Waals surface area contributed by atoms with Crippen LogP contribution in [0, 0.1) is 23.6 Å². The molecular formula is C21H28ClFN2O. The lowest BCUT2D eigenvalue weighted by atomic mass is 9.65. The van der Waals surface area contributed by atoms with Gasteiger partial charge in [0, 0.05) is 35.1 Å². The highest BCUT2D eigenvalue weighted by atomic mass is 35.5. The van der Waals surface area contributed by atoms with Gasteiger partial charge in [0.05, 0.1) is 0 Å². The molecule has 26 heavy (non-hydrogen) atoms. The summed E-state index contributed by atoms with van der Waals surface area (Å²) in [5.41, 5.74) is 6.92. The molecule has 1 aromatic carbocycles. The SMILES string of the molecule is NC1C2CCCC1CC(C(=O)N1CCCC1Cc1c(F)cccc1Cl)C2. The number of carbonyl (C=O) groups is 1. The van der Waals surface area contributed by atoms with Gasteiger partial charge in [0.2, 0.25) is 5.91 Å². The van der Waals surface area contributed by atoms with Crippen molar-refractivity contribution >= 4 is 17.5 Å². The number of carbonyl (C=O) groups excluding carboxylic acids is 1. The summed E-state index contributed by atoms with van der Waals surface area (Å²) in [5, 5.41) is 0.461. The van der Waals surface area contributed by atoms with Crippen LogP contribution in [0.1, 0.15) is 50.5 Å². The molecule has 5 heteroatoms. The third-order valence-electron chi connectivity index (χ3n) is 6.92. The molecule has 2 N–H and O–H groups in total. The Morgan fingerprint density at radius 2 is 1.92 bits per heavy atom. The van der Waals surface area contributed by atoms with Crippen LogP contribution in [0.15, 0.2) is 18.2 Å². The molecule has 2 saturated carbocycles. The maximum Gasteiger partial charge on any atom is 0.225 e. The van der Waals surface area contributed by atoms with E-state index < -0.39 is 0 Å². The lowest BCUT2D eigenvalue weighted by molar-refractivity contribution is -0.139. The lowest BCUT2D eigenvalue weighted by Gasteiger charge is -2.44. The van der Waals surface area contributed by atoms with E-state index in [4.69, 9.17) is 17.3 Å². The maximum atomic E-state index is 14.2. The fraction of sp³-hybridized carbons (Fsp3) is 0.667. The minimum absolute atomic E-state index is 0.0624. The number of benzene rings is 1. The summed E-state index contributed by atoms with van der Waals surface area (Å²) in [6.45, 7) is 0.785. The molecule has 3 fully saturated rings. The predicted molar refractivity (Wildman–Crippen MR) is 101 cm³/mol. The van der Waals surface area contributed by atoms with Crippen molar-refractivity contribution in [1.82, 2.24) is 4.90 Å². The third kappa shape index (κ3) is 3.38. The van der Waals surface area contributed by atoms with Crippen LogP contribution in [0.4, 0.5) is 4.39 Å². The van der Waals surface area contributed by atoms with Crippen molar-refractivity contribution in [3.63, 3.8) is 0 Å².